The third-order valence-electron chi connectivity index (χ3n) is 4.15. The Morgan fingerprint density at radius 3 is 2.35 bits per heavy atom. The second kappa shape index (κ2) is 3.70. The van der Waals surface area contributed by atoms with Crippen molar-refractivity contribution in [3.63, 3.8) is 0 Å². The molecule has 1 fully saturated rings. The summed E-state index contributed by atoms with van der Waals surface area (Å²) in [5, 5.41) is 0. The number of hydrogen-bond donors (Lipinski definition) is 1. The second-order valence-electron chi connectivity index (χ2n) is 5.84. The Kier molecular flexibility index (Phi) is 2.69. The van der Waals surface area contributed by atoms with Crippen LogP contribution in [0, 0.1) is 5.82 Å². The lowest BCUT2D eigenvalue weighted by atomic mass is 9.75. The molecule has 3 heteroatoms. The molecule has 0 heterocycles. The first-order valence-electron chi connectivity index (χ1n) is 6.04. The number of halogens is 1. The Morgan fingerprint density at radius 1 is 1.29 bits per heavy atom. The first-order valence-corrected chi connectivity index (χ1v) is 6.04. The fourth-order valence-electron chi connectivity index (χ4n) is 2.43. The first kappa shape index (κ1) is 12.4. The van der Waals surface area contributed by atoms with Gasteiger partial charge in [-0.15, -0.1) is 0 Å². The zero-order valence-corrected chi connectivity index (χ0v) is 11.0. The molecule has 1 aliphatic carbocycles. The normalized spacial score (nSPS) is 18.0. The molecule has 0 atom stereocenters. The van der Waals surface area contributed by atoms with Gasteiger partial charge in [-0.1, -0.05) is 19.9 Å². The molecule has 0 amide bonds. The number of anilines is 1. The summed E-state index contributed by atoms with van der Waals surface area (Å²) < 4.78 is 13.3. The van der Waals surface area contributed by atoms with Gasteiger partial charge in [-0.05, 0) is 30.5 Å². The third kappa shape index (κ3) is 1.93. The highest BCUT2D eigenvalue weighted by Crippen LogP contribution is 2.51. The van der Waals surface area contributed by atoms with E-state index in [0.29, 0.717) is 0 Å². The van der Waals surface area contributed by atoms with Crippen molar-refractivity contribution in [2.24, 2.45) is 5.73 Å². The van der Waals surface area contributed by atoms with E-state index in [1.54, 1.807) is 6.07 Å². The van der Waals surface area contributed by atoms with Gasteiger partial charge in [-0.3, -0.25) is 0 Å². The Morgan fingerprint density at radius 2 is 1.88 bits per heavy atom. The van der Waals surface area contributed by atoms with Crippen LogP contribution in [0.4, 0.5) is 10.1 Å². The number of hydrogen-bond acceptors (Lipinski definition) is 2. The summed E-state index contributed by atoms with van der Waals surface area (Å²) in [6, 6.07) is 4.98. The molecule has 0 aromatic heterocycles. The summed E-state index contributed by atoms with van der Waals surface area (Å²) in [7, 11) is 3.87. The molecule has 17 heavy (non-hydrogen) atoms. The molecule has 2 nitrogen and oxygen atoms in total. The predicted octanol–water partition coefficient (Wildman–Crippen LogP) is 2.66. The van der Waals surface area contributed by atoms with Crippen LogP contribution in [-0.2, 0) is 5.41 Å². The van der Waals surface area contributed by atoms with Crippen LogP contribution in [0.5, 0.6) is 0 Å². The lowest BCUT2D eigenvalue weighted by Crippen LogP contribution is -2.44. The van der Waals surface area contributed by atoms with Crippen LogP contribution in [0.3, 0.4) is 0 Å². The van der Waals surface area contributed by atoms with Crippen LogP contribution in [0.1, 0.15) is 32.3 Å². The minimum absolute atomic E-state index is 0.125. The Bertz CT molecular complexity index is 434. The fourth-order valence-corrected chi connectivity index (χ4v) is 2.43. The lowest BCUT2D eigenvalue weighted by molar-refractivity contribution is 0.391. The smallest absolute Gasteiger partial charge is 0.125 e. The summed E-state index contributed by atoms with van der Waals surface area (Å²) >= 11 is 0. The minimum atomic E-state index is -0.199. The molecule has 0 radical (unpaired) electrons. The maximum Gasteiger partial charge on any atom is 0.125 e. The molecule has 2 N–H and O–H groups in total. The van der Waals surface area contributed by atoms with Crippen LogP contribution in [0.2, 0.25) is 0 Å². The molecule has 0 aliphatic heterocycles. The number of rotatable bonds is 3. The van der Waals surface area contributed by atoms with Crippen LogP contribution in [0.15, 0.2) is 18.2 Å². The van der Waals surface area contributed by atoms with Crippen LogP contribution >= 0.6 is 0 Å². The van der Waals surface area contributed by atoms with Crippen molar-refractivity contribution in [2.75, 3.05) is 19.0 Å². The average Bonchev–Trinajstić information content (AvgIpc) is 2.97. The molecule has 94 valence electrons. The van der Waals surface area contributed by atoms with Gasteiger partial charge < -0.3 is 10.6 Å². The van der Waals surface area contributed by atoms with E-state index in [1.807, 2.05) is 25.1 Å². The second-order valence-corrected chi connectivity index (χ2v) is 5.84. The van der Waals surface area contributed by atoms with Gasteiger partial charge in [-0.25, -0.2) is 4.39 Å². The molecular formula is C14H21FN2. The van der Waals surface area contributed by atoms with Gasteiger partial charge in [0.05, 0.1) is 0 Å². The van der Waals surface area contributed by atoms with Crippen molar-refractivity contribution < 1.29 is 4.39 Å². The molecule has 1 aromatic carbocycles. The van der Waals surface area contributed by atoms with E-state index in [4.69, 9.17) is 5.73 Å². The molecule has 2 rings (SSSR count). The quantitative estimate of drug-likeness (QED) is 0.874. The zero-order valence-electron chi connectivity index (χ0n) is 11.0. The Balaban J connectivity index is 2.51. The summed E-state index contributed by atoms with van der Waals surface area (Å²) in [4.78, 5) is 1.95. The van der Waals surface area contributed by atoms with Crippen molar-refractivity contribution in [3.05, 3.63) is 29.6 Å². The van der Waals surface area contributed by atoms with E-state index in [2.05, 4.69) is 13.8 Å². The maximum atomic E-state index is 13.3. The number of benzene rings is 1. The van der Waals surface area contributed by atoms with Crippen LogP contribution in [-0.4, -0.2) is 19.6 Å². The summed E-state index contributed by atoms with van der Waals surface area (Å²) in [6.45, 7) is 4.31. The molecule has 1 aliphatic rings. The number of nitrogens with zero attached hydrogens (tertiary/aromatic N) is 1. The zero-order chi connectivity index (χ0) is 12.8. The van der Waals surface area contributed by atoms with Crippen molar-refractivity contribution >= 4 is 5.69 Å². The van der Waals surface area contributed by atoms with E-state index < -0.39 is 0 Å². The number of nitrogens with two attached hydrogens (primary N) is 1. The SMILES string of the molecule is CN(C)c1cc(F)ccc1C(C)(C)C1(N)CC1. The molecule has 0 unspecified atom stereocenters. The Hall–Kier alpha value is -1.09. The molecule has 1 saturated carbocycles. The molecule has 0 bridgehead atoms. The first-order chi connectivity index (χ1) is 7.78. The molecule has 1 aromatic rings. The lowest BCUT2D eigenvalue weighted by Gasteiger charge is -2.35. The topological polar surface area (TPSA) is 29.3 Å². The van der Waals surface area contributed by atoms with Crippen molar-refractivity contribution in [3.8, 4) is 0 Å². The van der Waals surface area contributed by atoms with Gasteiger partial charge in [0.2, 0.25) is 0 Å². The highest BCUT2D eigenvalue weighted by atomic mass is 19.1. The molecule has 0 saturated heterocycles. The average molecular weight is 236 g/mol. The monoisotopic (exact) mass is 236 g/mol. The summed E-state index contributed by atoms with van der Waals surface area (Å²) in [6.07, 6.45) is 2.09. The van der Waals surface area contributed by atoms with Gasteiger partial charge in [0.15, 0.2) is 0 Å². The molecular weight excluding hydrogens is 215 g/mol. The van der Waals surface area contributed by atoms with Gasteiger partial charge in [-0.2, -0.15) is 0 Å². The van der Waals surface area contributed by atoms with Gasteiger partial charge in [0, 0.05) is 30.7 Å². The van der Waals surface area contributed by atoms with Crippen molar-refractivity contribution in [1.29, 1.82) is 0 Å². The van der Waals surface area contributed by atoms with Crippen molar-refractivity contribution in [1.82, 2.24) is 0 Å². The highest BCUT2D eigenvalue weighted by Gasteiger charge is 2.52. The van der Waals surface area contributed by atoms with Crippen LogP contribution < -0.4 is 10.6 Å². The van der Waals surface area contributed by atoms with Crippen molar-refractivity contribution in [2.45, 2.75) is 37.6 Å². The van der Waals surface area contributed by atoms with Crippen LogP contribution in [0.25, 0.3) is 0 Å². The third-order valence-corrected chi connectivity index (χ3v) is 4.15. The predicted molar refractivity (Wildman–Crippen MR) is 69.9 cm³/mol. The van der Waals surface area contributed by atoms with Gasteiger partial charge >= 0.3 is 0 Å². The summed E-state index contributed by atoms with van der Waals surface area (Å²) in [5.41, 5.74) is 8.15. The Labute approximate surface area is 103 Å². The van der Waals surface area contributed by atoms with E-state index in [1.165, 1.54) is 6.07 Å². The largest absolute Gasteiger partial charge is 0.377 e. The van der Waals surface area contributed by atoms with E-state index in [9.17, 15) is 4.39 Å². The summed E-state index contributed by atoms with van der Waals surface area (Å²) in [5.74, 6) is -0.199. The molecule has 0 spiro atoms. The standard InChI is InChI=1S/C14H21FN2/c1-13(2,14(16)7-8-14)11-6-5-10(15)9-12(11)17(3)4/h5-6,9H,7-8,16H2,1-4H3. The van der Waals surface area contributed by atoms with E-state index in [0.717, 1.165) is 24.1 Å². The minimum Gasteiger partial charge on any atom is -0.377 e. The van der Waals surface area contributed by atoms with Gasteiger partial charge in [0.1, 0.15) is 5.82 Å². The maximum absolute atomic E-state index is 13.3. The van der Waals surface area contributed by atoms with E-state index in [-0.39, 0.29) is 16.8 Å². The fraction of sp³-hybridized carbons (Fsp3) is 0.571. The van der Waals surface area contributed by atoms with Gasteiger partial charge in [0.25, 0.3) is 0 Å². The highest BCUT2D eigenvalue weighted by molar-refractivity contribution is 5.57. The van der Waals surface area contributed by atoms with E-state index >= 15 is 0 Å².